The molecule has 2 aliphatic rings. The Morgan fingerprint density at radius 2 is 1.93 bits per heavy atom. The molecule has 1 aliphatic carbocycles. The number of benzene rings is 1. The minimum Gasteiger partial charge on any atom is -0.351 e. The third kappa shape index (κ3) is 4.37. The Balaban J connectivity index is 2.02. The summed E-state index contributed by atoms with van der Waals surface area (Å²) in [6.45, 7) is 4.27. The molecular formula is C21H30FN3O4S. The standard InChI is InChI=1S/C21H30FN3O4S/c1-4-30(28,29)24-13-19(26)25(18-11-10-16(22)12-15(18)2)21(3,14-24)20(27)23-17-8-6-5-7-9-17/h10-12,17H,4-9,13-14H2,1-3H3,(H,23,27)/t21-/m1/s1. The topological polar surface area (TPSA) is 86.8 Å². The van der Waals surface area contributed by atoms with Crippen LogP contribution < -0.4 is 10.2 Å². The van der Waals surface area contributed by atoms with Crippen LogP contribution in [-0.4, -0.2) is 55.0 Å². The molecule has 1 aromatic rings. The lowest BCUT2D eigenvalue weighted by molar-refractivity contribution is -0.133. The monoisotopic (exact) mass is 439 g/mol. The lowest BCUT2D eigenvalue weighted by Crippen LogP contribution is -2.71. The number of sulfonamides is 1. The molecule has 2 amide bonds. The highest BCUT2D eigenvalue weighted by atomic mass is 32.2. The lowest BCUT2D eigenvalue weighted by Gasteiger charge is -2.47. The third-order valence-corrected chi connectivity index (χ3v) is 7.90. The van der Waals surface area contributed by atoms with Gasteiger partial charge in [0.2, 0.25) is 21.8 Å². The Kier molecular flexibility index (Phi) is 6.52. The van der Waals surface area contributed by atoms with Crippen molar-refractivity contribution in [3.63, 3.8) is 0 Å². The van der Waals surface area contributed by atoms with Gasteiger partial charge >= 0.3 is 0 Å². The van der Waals surface area contributed by atoms with Gasteiger partial charge in [0, 0.05) is 18.3 Å². The second-order valence-electron chi connectivity index (χ2n) is 8.41. The number of piperazine rings is 1. The second-order valence-corrected chi connectivity index (χ2v) is 10.7. The number of nitrogens with one attached hydrogen (secondary N) is 1. The summed E-state index contributed by atoms with van der Waals surface area (Å²) < 4.78 is 39.8. The fourth-order valence-corrected chi connectivity index (χ4v) is 5.50. The number of carbonyl (C=O) groups excluding carboxylic acids is 2. The molecule has 1 aliphatic heterocycles. The van der Waals surface area contributed by atoms with E-state index in [1.807, 2.05) is 0 Å². The van der Waals surface area contributed by atoms with Crippen molar-refractivity contribution in [2.75, 3.05) is 23.7 Å². The van der Waals surface area contributed by atoms with Crippen LogP contribution in [0.1, 0.15) is 51.5 Å². The maximum Gasteiger partial charge on any atom is 0.247 e. The number of rotatable bonds is 5. The molecule has 0 unspecified atom stereocenters. The van der Waals surface area contributed by atoms with Crippen LogP contribution in [0.15, 0.2) is 18.2 Å². The number of hydrogen-bond acceptors (Lipinski definition) is 4. The van der Waals surface area contributed by atoms with Gasteiger partial charge in [0.25, 0.3) is 0 Å². The molecule has 0 spiro atoms. The van der Waals surface area contributed by atoms with E-state index in [-0.39, 0.29) is 30.8 Å². The molecule has 1 atom stereocenters. The average Bonchev–Trinajstić information content (AvgIpc) is 2.69. The van der Waals surface area contributed by atoms with E-state index in [1.54, 1.807) is 13.8 Å². The van der Waals surface area contributed by atoms with Crippen molar-refractivity contribution in [3.05, 3.63) is 29.6 Å². The van der Waals surface area contributed by atoms with E-state index >= 15 is 0 Å². The van der Waals surface area contributed by atoms with Gasteiger partial charge in [-0.3, -0.25) is 14.5 Å². The molecule has 2 fully saturated rings. The first-order valence-electron chi connectivity index (χ1n) is 10.5. The van der Waals surface area contributed by atoms with Gasteiger partial charge in [0.05, 0.1) is 12.3 Å². The van der Waals surface area contributed by atoms with Crippen LogP contribution in [0.2, 0.25) is 0 Å². The van der Waals surface area contributed by atoms with Crippen LogP contribution in [0.4, 0.5) is 10.1 Å². The summed E-state index contributed by atoms with van der Waals surface area (Å²) in [6.07, 6.45) is 4.91. The first-order valence-corrected chi connectivity index (χ1v) is 12.1. The highest BCUT2D eigenvalue weighted by Gasteiger charge is 2.51. The molecule has 0 aromatic heterocycles. The van der Waals surface area contributed by atoms with E-state index in [4.69, 9.17) is 0 Å². The van der Waals surface area contributed by atoms with Crippen molar-refractivity contribution >= 4 is 27.5 Å². The van der Waals surface area contributed by atoms with Gasteiger partial charge in [-0.15, -0.1) is 0 Å². The van der Waals surface area contributed by atoms with Crippen LogP contribution in [-0.2, 0) is 19.6 Å². The first kappa shape index (κ1) is 22.7. The molecular weight excluding hydrogens is 409 g/mol. The minimum atomic E-state index is -3.67. The highest BCUT2D eigenvalue weighted by Crippen LogP contribution is 2.33. The Hall–Kier alpha value is -2.00. The number of nitrogens with zero attached hydrogens (tertiary/aromatic N) is 2. The smallest absolute Gasteiger partial charge is 0.247 e. The molecule has 1 N–H and O–H groups in total. The summed E-state index contributed by atoms with van der Waals surface area (Å²) in [4.78, 5) is 28.0. The largest absolute Gasteiger partial charge is 0.351 e. The van der Waals surface area contributed by atoms with Gasteiger partial charge in [-0.25, -0.2) is 12.8 Å². The zero-order valence-corrected chi connectivity index (χ0v) is 18.6. The molecule has 1 saturated heterocycles. The Bertz CT molecular complexity index is 930. The maximum atomic E-state index is 13.7. The predicted molar refractivity (Wildman–Crippen MR) is 113 cm³/mol. The van der Waals surface area contributed by atoms with Crippen LogP contribution in [0.3, 0.4) is 0 Å². The zero-order chi connectivity index (χ0) is 22.1. The second kappa shape index (κ2) is 8.63. The van der Waals surface area contributed by atoms with Crippen LogP contribution in [0, 0.1) is 12.7 Å². The van der Waals surface area contributed by atoms with E-state index < -0.39 is 27.3 Å². The fourth-order valence-electron chi connectivity index (χ4n) is 4.38. The highest BCUT2D eigenvalue weighted by molar-refractivity contribution is 7.89. The number of hydrogen-bond donors (Lipinski definition) is 1. The van der Waals surface area contributed by atoms with Gasteiger partial charge in [-0.1, -0.05) is 19.3 Å². The summed E-state index contributed by atoms with van der Waals surface area (Å²) >= 11 is 0. The molecule has 9 heteroatoms. The number of amides is 2. The molecule has 0 radical (unpaired) electrons. The summed E-state index contributed by atoms with van der Waals surface area (Å²) in [5.74, 6) is -1.49. The number of halogens is 1. The quantitative estimate of drug-likeness (QED) is 0.763. The Morgan fingerprint density at radius 1 is 1.27 bits per heavy atom. The normalized spacial score (nSPS) is 24.1. The van der Waals surface area contributed by atoms with E-state index in [0.717, 1.165) is 36.4 Å². The number of aryl methyl sites for hydroxylation is 1. The van der Waals surface area contributed by atoms with Crippen molar-refractivity contribution in [2.24, 2.45) is 0 Å². The maximum absolute atomic E-state index is 13.7. The summed E-state index contributed by atoms with van der Waals surface area (Å²) in [5, 5.41) is 3.04. The Morgan fingerprint density at radius 3 is 2.53 bits per heavy atom. The van der Waals surface area contributed by atoms with Crippen molar-refractivity contribution in [2.45, 2.75) is 64.5 Å². The zero-order valence-electron chi connectivity index (χ0n) is 17.8. The van der Waals surface area contributed by atoms with E-state index in [2.05, 4.69) is 5.32 Å². The molecule has 1 saturated carbocycles. The van der Waals surface area contributed by atoms with Gasteiger partial charge in [0.1, 0.15) is 11.4 Å². The van der Waals surface area contributed by atoms with Crippen LogP contribution in [0.5, 0.6) is 0 Å². The molecule has 166 valence electrons. The van der Waals surface area contributed by atoms with Gasteiger partial charge < -0.3 is 5.32 Å². The van der Waals surface area contributed by atoms with Crippen molar-refractivity contribution in [1.29, 1.82) is 0 Å². The van der Waals surface area contributed by atoms with Crippen molar-refractivity contribution in [3.8, 4) is 0 Å². The molecule has 30 heavy (non-hydrogen) atoms. The van der Waals surface area contributed by atoms with E-state index in [9.17, 15) is 22.4 Å². The first-order chi connectivity index (χ1) is 14.1. The summed E-state index contributed by atoms with van der Waals surface area (Å²) in [5.41, 5.74) is -0.527. The molecule has 7 nitrogen and oxygen atoms in total. The average molecular weight is 440 g/mol. The van der Waals surface area contributed by atoms with Crippen LogP contribution >= 0.6 is 0 Å². The van der Waals surface area contributed by atoms with E-state index in [0.29, 0.717) is 11.3 Å². The fraction of sp³-hybridized carbons (Fsp3) is 0.619. The molecule has 3 rings (SSSR count). The number of carbonyl (C=O) groups is 2. The van der Waals surface area contributed by atoms with E-state index in [1.165, 1.54) is 30.0 Å². The number of anilines is 1. The SMILES string of the molecule is CCS(=O)(=O)N1CC(=O)N(c2ccc(F)cc2C)[C@@](C)(C(=O)NC2CCCCC2)C1. The van der Waals surface area contributed by atoms with Crippen molar-refractivity contribution < 1.29 is 22.4 Å². The van der Waals surface area contributed by atoms with Gasteiger partial charge in [0.15, 0.2) is 0 Å². The minimum absolute atomic E-state index is 0.00694. The Labute approximate surface area is 177 Å². The van der Waals surface area contributed by atoms with Gasteiger partial charge in [-0.2, -0.15) is 4.31 Å². The molecule has 1 aromatic carbocycles. The lowest BCUT2D eigenvalue weighted by atomic mass is 9.91. The van der Waals surface area contributed by atoms with Crippen LogP contribution in [0.25, 0.3) is 0 Å². The predicted octanol–water partition coefficient (Wildman–Crippen LogP) is 2.34. The molecule has 0 bridgehead atoms. The summed E-state index contributed by atoms with van der Waals surface area (Å²) in [6, 6.07) is 4.02. The third-order valence-electron chi connectivity index (χ3n) is 6.13. The summed E-state index contributed by atoms with van der Waals surface area (Å²) in [7, 11) is -3.67. The molecule has 1 heterocycles. The van der Waals surface area contributed by atoms with Crippen molar-refractivity contribution in [1.82, 2.24) is 9.62 Å². The van der Waals surface area contributed by atoms with Gasteiger partial charge in [-0.05, 0) is 57.4 Å².